The molecule has 0 aliphatic heterocycles. The van der Waals surface area contributed by atoms with E-state index in [1.165, 1.54) is 5.56 Å². The Labute approximate surface area is 107 Å². The first-order chi connectivity index (χ1) is 8.69. The Morgan fingerprint density at radius 3 is 2.67 bits per heavy atom. The van der Waals surface area contributed by atoms with Crippen molar-refractivity contribution in [3.05, 3.63) is 41.5 Å². The number of anilines is 1. The van der Waals surface area contributed by atoms with Crippen LogP contribution >= 0.6 is 0 Å². The van der Waals surface area contributed by atoms with Crippen LogP contribution in [0.1, 0.15) is 43.5 Å². The highest BCUT2D eigenvalue weighted by molar-refractivity contribution is 5.44. The molecule has 0 fully saturated rings. The van der Waals surface area contributed by atoms with Crippen LogP contribution in [0.3, 0.4) is 0 Å². The highest BCUT2D eigenvalue weighted by Gasteiger charge is 2.11. The van der Waals surface area contributed by atoms with Crippen molar-refractivity contribution in [1.29, 1.82) is 0 Å². The Morgan fingerprint density at radius 1 is 1.28 bits per heavy atom. The first-order valence-corrected chi connectivity index (χ1v) is 6.32. The molecule has 2 aromatic rings. The average molecular weight is 245 g/mol. The van der Waals surface area contributed by atoms with E-state index in [1.54, 1.807) is 0 Å². The largest absolute Gasteiger partial charge is 0.376 e. The molecule has 0 radical (unpaired) electrons. The van der Waals surface area contributed by atoms with Gasteiger partial charge in [0.25, 0.3) is 0 Å². The molecule has 96 valence electrons. The van der Waals surface area contributed by atoms with E-state index in [9.17, 15) is 0 Å². The summed E-state index contributed by atoms with van der Waals surface area (Å²) in [6.45, 7) is 6.85. The van der Waals surface area contributed by atoms with Gasteiger partial charge in [0.1, 0.15) is 0 Å². The van der Waals surface area contributed by atoms with Gasteiger partial charge in [-0.15, -0.1) is 0 Å². The molecule has 4 heteroatoms. The van der Waals surface area contributed by atoms with E-state index in [4.69, 9.17) is 4.52 Å². The lowest BCUT2D eigenvalue weighted by molar-refractivity contribution is 0.374. The van der Waals surface area contributed by atoms with Crippen LogP contribution in [0.4, 0.5) is 5.69 Å². The molecule has 1 unspecified atom stereocenters. The van der Waals surface area contributed by atoms with Crippen molar-refractivity contribution in [3.8, 4) is 0 Å². The van der Waals surface area contributed by atoms with Gasteiger partial charge in [0.15, 0.2) is 5.82 Å². The summed E-state index contributed by atoms with van der Waals surface area (Å²) in [6.07, 6.45) is 1.02. The molecule has 0 amide bonds. The Hall–Kier alpha value is -1.84. The van der Waals surface area contributed by atoms with Gasteiger partial charge in [0.2, 0.25) is 5.89 Å². The lowest BCUT2D eigenvalue weighted by Crippen LogP contribution is -2.00. The van der Waals surface area contributed by atoms with Gasteiger partial charge in [-0.3, -0.25) is 0 Å². The second-order valence-electron chi connectivity index (χ2n) is 4.58. The van der Waals surface area contributed by atoms with E-state index in [0.717, 1.165) is 17.9 Å². The quantitative estimate of drug-likeness (QED) is 0.875. The SMILES string of the molecule is CCC(C)c1noc(CNc2ccc(C)cc2)n1. The third-order valence-corrected chi connectivity index (χ3v) is 3.03. The van der Waals surface area contributed by atoms with Crippen LogP contribution in [0, 0.1) is 6.92 Å². The van der Waals surface area contributed by atoms with Crippen molar-refractivity contribution in [1.82, 2.24) is 10.1 Å². The van der Waals surface area contributed by atoms with Crippen LogP contribution in [-0.4, -0.2) is 10.1 Å². The minimum Gasteiger partial charge on any atom is -0.376 e. The van der Waals surface area contributed by atoms with Crippen molar-refractivity contribution in [2.75, 3.05) is 5.32 Å². The third kappa shape index (κ3) is 3.09. The summed E-state index contributed by atoms with van der Waals surface area (Å²) < 4.78 is 5.21. The van der Waals surface area contributed by atoms with Gasteiger partial charge < -0.3 is 9.84 Å². The van der Waals surface area contributed by atoms with Crippen molar-refractivity contribution in [2.45, 2.75) is 39.7 Å². The van der Waals surface area contributed by atoms with E-state index in [0.29, 0.717) is 18.4 Å². The van der Waals surface area contributed by atoms with Crippen molar-refractivity contribution < 1.29 is 4.52 Å². The normalized spacial score (nSPS) is 12.4. The van der Waals surface area contributed by atoms with Crippen LogP contribution < -0.4 is 5.32 Å². The molecule has 0 saturated carbocycles. The van der Waals surface area contributed by atoms with E-state index in [-0.39, 0.29) is 0 Å². The summed E-state index contributed by atoms with van der Waals surface area (Å²) in [6, 6.07) is 8.23. The number of hydrogen-bond donors (Lipinski definition) is 1. The zero-order valence-corrected chi connectivity index (χ0v) is 11.1. The highest BCUT2D eigenvalue weighted by atomic mass is 16.5. The van der Waals surface area contributed by atoms with Gasteiger partial charge in [-0.05, 0) is 25.5 Å². The zero-order valence-electron chi connectivity index (χ0n) is 11.1. The molecule has 1 aromatic heterocycles. The Bertz CT molecular complexity index is 490. The van der Waals surface area contributed by atoms with E-state index in [1.807, 2.05) is 12.1 Å². The second kappa shape index (κ2) is 5.67. The maximum atomic E-state index is 5.21. The smallest absolute Gasteiger partial charge is 0.245 e. The molecule has 4 nitrogen and oxygen atoms in total. The third-order valence-electron chi connectivity index (χ3n) is 3.03. The zero-order chi connectivity index (χ0) is 13.0. The standard InChI is InChI=1S/C14H19N3O/c1-4-11(3)14-16-13(18-17-14)9-15-12-7-5-10(2)6-8-12/h5-8,11,15H,4,9H2,1-3H3. The summed E-state index contributed by atoms with van der Waals surface area (Å²) in [7, 11) is 0. The Kier molecular flexibility index (Phi) is 3.97. The van der Waals surface area contributed by atoms with Crippen LogP contribution in [0.15, 0.2) is 28.8 Å². The lowest BCUT2D eigenvalue weighted by atomic mass is 10.1. The monoisotopic (exact) mass is 245 g/mol. The molecular weight excluding hydrogens is 226 g/mol. The molecule has 0 aliphatic carbocycles. The molecule has 18 heavy (non-hydrogen) atoms. The Morgan fingerprint density at radius 2 is 2.00 bits per heavy atom. The van der Waals surface area contributed by atoms with Crippen molar-refractivity contribution in [3.63, 3.8) is 0 Å². The van der Waals surface area contributed by atoms with Gasteiger partial charge in [0, 0.05) is 11.6 Å². The molecular formula is C14H19N3O. The number of nitrogens with one attached hydrogen (secondary N) is 1. The van der Waals surface area contributed by atoms with E-state index in [2.05, 4.69) is 48.4 Å². The number of aromatic nitrogens is 2. The first-order valence-electron chi connectivity index (χ1n) is 6.32. The summed E-state index contributed by atoms with van der Waals surface area (Å²) in [5.41, 5.74) is 2.31. The number of hydrogen-bond acceptors (Lipinski definition) is 4. The van der Waals surface area contributed by atoms with Crippen LogP contribution in [0.5, 0.6) is 0 Å². The second-order valence-corrected chi connectivity index (χ2v) is 4.58. The van der Waals surface area contributed by atoms with Gasteiger partial charge in [-0.2, -0.15) is 4.98 Å². The molecule has 0 bridgehead atoms. The summed E-state index contributed by atoms with van der Waals surface area (Å²) in [5, 5.41) is 7.25. The number of aryl methyl sites for hydroxylation is 1. The van der Waals surface area contributed by atoms with E-state index >= 15 is 0 Å². The minimum atomic E-state index is 0.349. The summed E-state index contributed by atoms with van der Waals surface area (Å²) in [5.74, 6) is 1.77. The molecule has 1 heterocycles. The van der Waals surface area contributed by atoms with Gasteiger partial charge >= 0.3 is 0 Å². The van der Waals surface area contributed by atoms with Gasteiger partial charge in [-0.1, -0.05) is 36.7 Å². The Balaban J connectivity index is 1.94. The number of rotatable bonds is 5. The first kappa shape index (κ1) is 12.6. The van der Waals surface area contributed by atoms with Crippen LogP contribution in [0.25, 0.3) is 0 Å². The maximum absolute atomic E-state index is 5.21. The van der Waals surface area contributed by atoms with Crippen molar-refractivity contribution in [2.24, 2.45) is 0 Å². The molecule has 0 aliphatic rings. The van der Waals surface area contributed by atoms with Gasteiger partial charge in [0.05, 0.1) is 6.54 Å². The molecule has 1 atom stereocenters. The maximum Gasteiger partial charge on any atom is 0.245 e. The fourth-order valence-electron chi connectivity index (χ4n) is 1.57. The highest BCUT2D eigenvalue weighted by Crippen LogP contribution is 2.15. The van der Waals surface area contributed by atoms with E-state index < -0.39 is 0 Å². The average Bonchev–Trinajstić information content (AvgIpc) is 2.86. The predicted octanol–water partition coefficient (Wildman–Crippen LogP) is 3.50. The topological polar surface area (TPSA) is 51.0 Å². The fraction of sp³-hybridized carbons (Fsp3) is 0.429. The summed E-state index contributed by atoms with van der Waals surface area (Å²) in [4.78, 5) is 4.37. The minimum absolute atomic E-state index is 0.349. The molecule has 1 N–H and O–H groups in total. The molecule has 0 spiro atoms. The van der Waals surface area contributed by atoms with Crippen LogP contribution in [0.2, 0.25) is 0 Å². The molecule has 2 rings (SSSR count). The van der Waals surface area contributed by atoms with Crippen molar-refractivity contribution >= 4 is 5.69 Å². The number of nitrogens with zero attached hydrogens (tertiary/aromatic N) is 2. The van der Waals surface area contributed by atoms with Gasteiger partial charge in [-0.25, -0.2) is 0 Å². The lowest BCUT2D eigenvalue weighted by Gasteiger charge is -2.03. The molecule has 0 saturated heterocycles. The van der Waals surface area contributed by atoms with Crippen LogP contribution in [-0.2, 0) is 6.54 Å². The molecule has 1 aromatic carbocycles. The summed E-state index contributed by atoms with van der Waals surface area (Å²) >= 11 is 0. The fourth-order valence-corrected chi connectivity index (χ4v) is 1.57. The predicted molar refractivity (Wildman–Crippen MR) is 71.5 cm³/mol. The number of benzene rings is 1.